The minimum Gasteiger partial charge on any atom is -0.322 e. The Labute approximate surface area is 241 Å². The molecule has 0 saturated heterocycles. The van der Waals surface area contributed by atoms with Crippen LogP contribution in [0.5, 0.6) is 0 Å². The second-order valence-electron chi connectivity index (χ2n) is 9.83. The van der Waals surface area contributed by atoms with Gasteiger partial charge in [-0.25, -0.2) is 13.1 Å². The summed E-state index contributed by atoms with van der Waals surface area (Å²) in [5, 5.41) is 0. The zero-order valence-electron chi connectivity index (χ0n) is 22.7. The van der Waals surface area contributed by atoms with Crippen LogP contribution in [0.1, 0.15) is 65.2 Å². The minimum absolute atomic E-state index is 0. The van der Waals surface area contributed by atoms with E-state index in [4.69, 9.17) is 5.73 Å². The van der Waals surface area contributed by atoms with Crippen LogP contribution in [0.2, 0.25) is 0 Å². The van der Waals surface area contributed by atoms with E-state index >= 15 is 0 Å². The summed E-state index contributed by atoms with van der Waals surface area (Å²) in [6.45, 7) is 10.3. The van der Waals surface area contributed by atoms with Crippen molar-refractivity contribution in [3.8, 4) is 0 Å². The summed E-state index contributed by atoms with van der Waals surface area (Å²) in [5.74, 6) is 0.653. The molecule has 2 atom stereocenters. The van der Waals surface area contributed by atoms with Gasteiger partial charge in [0, 0.05) is 19.5 Å². The number of nitrogens with two attached hydrogens (primary N) is 1. The van der Waals surface area contributed by atoms with Crippen LogP contribution < -0.4 is 10.5 Å². The molecular formula is C32H38N2O2RuS. The normalized spacial score (nSPS) is 12.6. The van der Waals surface area contributed by atoms with Gasteiger partial charge in [0.05, 0.1) is 17.0 Å². The number of nitrogens with one attached hydrogen (secondary N) is 1. The first-order chi connectivity index (χ1) is 17.6. The van der Waals surface area contributed by atoms with Crippen molar-refractivity contribution < 1.29 is 27.9 Å². The van der Waals surface area contributed by atoms with Gasteiger partial charge in [-0.1, -0.05) is 110 Å². The van der Waals surface area contributed by atoms with Crippen LogP contribution in [0, 0.1) is 20.8 Å². The summed E-state index contributed by atoms with van der Waals surface area (Å²) in [6, 6.07) is 31.9. The standard InChI is InChI=1S/C22H24N2O2S.C10H14.Ru/c1-16-13-17(2)15-20(14-16)27(25,26)24-22(19-11-7-4-8-12-19)21(23)18-9-5-3-6-10-18;1-8(2)10-6-4-9(3)5-7-10;/h3-15,21-22,24H,23H2,1-2H3;4-8H,1-3H3;/t21-,22-;;/m0../s1. The number of sulfonamides is 1. The first kappa shape index (κ1) is 31.6. The summed E-state index contributed by atoms with van der Waals surface area (Å²) in [7, 11) is -3.74. The van der Waals surface area contributed by atoms with Gasteiger partial charge in [0.2, 0.25) is 10.0 Å². The zero-order chi connectivity index (χ0) is 27.0. The predicted molar refractivity (Wildman–Crippen MR) is 154 cm³/mol. The quantitative estimate of drug-likeness (QED) is 0.217. The molecule has 38 heavy (non-hydrogen) atoms. The first-order valence-electron chi connectivity index (χ1n) is 12.6. The van der Waals surface area contributed by atoms with Crippen LogP contribution in [-0.2, 0) is 29.5 Å². The second kappa shape index (κ2) is 14.5. The number of benzene rings is 4. The van der Waals surface area contributed by atoms with Gasteiger partial charge in [-0.3, -0.25) is 0 Å². The van der Waals surface area contributed by atoms with Crippen molar-refractivity contribution in [2.45, 2.75) is 57.5 Å². The molecule has 0 saturated carbocycles. The topological polar surface area (TPSA) is 72.2 Å². The van der Waals surface area contributed by atoms with Crippen LogP contribution >= 0.6 is 0 Å². The van der Waals surface area contributed by atoms with Crippen molar-refractivity contribution in [2.75, 3.05) is 0 Å². The Morgan fingerprint density at radius 3 is 1.58 bits per heavy atom. The van der Waals surface area contributed by atoms with E-state index < -0.39 is 22.1 Å². The minimum atomic E-state index is -3.74. The fourth-order valence-electron chi connectivity index (χ4n) is 4.15. The van der Waals surface area contributed by atoms with Crippen molar-refractivity contribution >= 4 is 10.0 Å². The number of rotatable bonds is 7. The molecule has 0 radical (unpaired) electrons. The maximum atomic E-state index is 13.1. The third-order valence-corrected chi connectivity index (χ3v) is 7.65. The molecule has 0 amide bonds. The van der Waals surface area contributed by atoms with E-state index in [9.17, 15) is 8.42 Å². The summed E-state index contributed by atoms with van der Waals surface area (Å²) in [4.78, 5) is 0.251. The molecule has 4 aromatic carbocycles. The molecule has 0 spiro atoms. The summed E-state index contributed by atoms with van der Waals surface area (Å²) >= 11 is 0. The number of hydrogen-bond donors (Lipinski definition) is 2. The summed E-state index contributed by atoms with van der Waals surface area (Å²) in [6.07, 6.45) is 0. The van der Waals surface area contributed by atoms with Crippen LogP contribution in [0.25, 0.3) is 0 Å². The molecule has 6 heteroatoms. The fraction of sp³-hybridized carbons (Fsp3) is 0.250. The monoisotopic (exact) mass is 616 g/mol. The average molecular weight is 616 g/mol. The molecule has 0 aliphatic heterocycles. The van der Waals surface area contributed by atoms with Gasteiger partial charge in [-0.15, -0.1) is 0 Å². The number of hydrogen-bond acceptors (Lipinski definition) is 3. The Hall–Kier alpha value is -2.63. The van der Waals surface area contributed by atoms with Crippen molar-refractivity contribution in [3.05, 3.63) is 137 Å². The third-order valence-electron chi connectivity index (χ3n) is 6.23. The number of aryl methyl sites for hydroxylation is 3. The van der Waals surface area contributed by atoms with E-state index in [1.165, 1.54) is 11.1 Å². The smallest absolute Gasteiger partial charge is 0.241 e. The van der Waals surface area contributed by atoms with Gasteiger partial charge in [0.25, 0.3) is 0 Å². The molecule has 4 aromatic rings. The average Bonchev–Trinajstić information content (AvgIpc) is 2.88. The fourth-order valence-corrected chi connectivity index (χ4v) is 5.59. The SMILES string of the molecule is Cc1cc(C)cc(S(=O)(=O)N[C@@H](c2ccccc2)[C@@H](N)c2ccccc2)c1.Cc1ccc(C(C)C)cc1.[Ru]. The zero-order valence-corrected chi connectivity index (χ0v) is 25.3. The Morgan fingerprint density at radius 2 is 1.11 bits per heavy atom. The molecule has 4 nitrogen and oxygen atoms in total. The molecule has 0 unspecified atom stereocenters. The van der Waals surface area contributed by atoms with Gasteiger partial charge < -0.3 is 5.73 Å². The van der Waals surface area contributed by atoms with Crippen LogP contribution in [0.3, 0.4) is 0 Å². The molecule has 0 bridgehead atoms. The maximum absolute atomic E-state index is 13.1. The van der Waals surface area contributed by atoms with Crippen molar-refractivity contribution in [3.63, 3.8) is 0 Å². The van der Waals surface area contributed by atoms with Gasteiger partial charge in [0.15, 0.2) is 0 Å². The molecule has 4 rings (SSSR count). The third kappa shape index (κ3) is 8.99. The molecule has 0 aliphatic carbocycles. The van der Waals surface area contributed by atoms with Crippen LogP contribution in [0.15, 0.2) is 108 Å². The van der Waals surface area contributed by atoms with Gasteiger partial charge in [-0.05, 0) is 66.6 Å². The predicted octanol–water partition coefficient (Wildman–Crippen LogP) is 7.14. The van der Waals surface area contributed by atoms with Crippen LogP contribution in [0.4, 0.5) is 0 Å². The Kier molecular flexibility index (Phi) is 12.1. The van der Waals surface area contributed by atoms with E-state index in [2.05, 4.69) is 49.8 Å². The molecular weight excluding hydrogens is 578 g/mol. The first-order valence-corrected chi connectivity index (χ1v) is 14.1. The molecule has 0 fully saturated rings. The Bertz CT molecular complexity index is 1350. The van der Waals surface area contributed by atoms with E-state index in [-0.39, 0.29) is 24.4 Å². The van der Waals surface area contributed by atoms with Gasteiger partial charge >= 0.3 is 0 Å². The largest absolute Gasteiger partial charge is 0.322 e. The van der Waals surface area contributed by atoms with Crippen molar-refractivity contribution in [2.24, 2.45) is 5.73 Å². The van der Waals surface area contributed by atoms with E-state index in [0.29, 0.717) is 5.92 Å². The maximum Gasteiger partial charge on any atom is 0.241 e. The van der Waals surface area contributed by atoms with Gasteiger partial charge in [0.1, 0.15) is 0 Å². The Balaban J connectivity index is 0.000000389. The molecule has 0 heterocycles. The van der Waals surface area contributed by atoms with E-state index in [0.717, 1.165) is 22.3 Å². The molecule has 202 valence electrons. The molecule has 0 aliphatic rings. The summed E-state index contributed by atoms with van der Waals surface area (Å²) in [5.41, 5.74) is 12.7. The second-order valence-corrected chi connectivity index (χ2v) is 11.5. The Morgan fingerprint density at radius 1 is 0.632 bits per heavy atom. The van der Waals surface area contributed by atoms with Crippen molar-refractivity contribution in [1.29, 1.82) is 0 Å². The van der Waals surface area contributed by atoms with Crippen LogP contribution in [-0.4, -0.2) is 8.42 Å². The summed E-state index contributed by atoms with van der Waals surface area (Å²) < 4.78 is 29.0. The van der Waals surface area contributed by atoms with Gasteiger partial charge in [-0.2, -0.15) is 0 Å². The molecule has 3 N–H and O–H groups in total. The van der Waals surface area contributed by atoms with E-state index in [1.807, 2.05) is 80.6 Å². The molecule has 0 aromatic heterocycles. The van der Waals surface area contributed by atoms with E-state index in [1.54, 1.807) is 12.1 Å². The van der Waals surface area contributed by atoms with Crippen molar-refractivity contribution in [1.82, 2.24) is 4.72 Å².